The van der Waals surface area contributed by atoms with Crippen LogP contribution in [0.3, 0.4) is 0 Å². The highest BCUT2D eigenvalue weighted by molar-refractivity contribution is 6.03. The summed E-state index contributed by atoms with van der Waals surface area (Å²) in [5, 5.41) is 27.3. The number of phenols is 1. The Morgan fingerprint density at radius 3 is 2.47 bits per heavy atom. The van der Waals surface area contributed by atoms with E-state index in [-0.39, 0.29) is 29.5 Å². The van der Waals surface area contributed by atoms with Gasteiger partial charge in [0.25, 0.3) is 11.6 Å². The predicted molar refractivity (Wildman–Crippen MR) is 117 cm³/mol. The van der Waals surface area contributed by atoms with Crippen molar-refractivity contribution in [2.45, 2.75) is 6.73 Å². The summed E-state index contributed by atoms with van der Waals surface area (Å²) in [5.41, 5.74) is 1.92. The van der Waals surface area contributed by atoms with E-state index >= 15 is 0 Å². The molecule has 0 aliphatic carbocycles. The van der Waals surface area contributed by atoms with Crippen LogP contribution >= 0.6 is 0 Å². The lowest BCUT2D eigenvalue weighted by molar-refractivity contribution is -0.384. The fourth-order valence-corrected chi connectivity index (χ4v) is 2.99. The topological polar surface area (TPSA) is 120 Å². The predicted octanol–water partition coefficient (Wildman–Crippen LogP) is 4.45. The maximum Gasteiger partial charge on any atom is 0.276 e. The Hall–Kier alpha value is -4.66. The van der Waals surface area contributed by atoms with Gasteiger partial charge in [0.1, 0.15) is 11.5 Å². The lowest BCUT2D eigenvalue weighted by atomic mass is 10.1. The molecule has 1 heterocycles. The van der Waals surface area contributed by atoms with Crippen LogP contribution in [0.15, 0.2) is 85.1 Å². The van der Waals surface area contributed by atoms with Crippen molar-refractivity contribution in [1.29, 1.82) is 0 Å². The smallest absolute Gasteiger partial charge is 0.276 e. The highest BCUT2D eigenvalue weighted by Gasteiger charge is 2.15. The Labute approximate surface area is 182 Å². The van der Waals surface area contributed by atoms with E-state index in [1.807, 2.05) is 54.6 Å². The van der Waals surface area contributed by atoms with Crippen molar-refractivity contribution in [2.24, 2.45) is 0 Å². The molecule has 0 spiro atoms. The minimum absolute atomic E-state index is 0.0685. The van der Waals surface area contributed by atoms with Crippen molar-refractivity contribution in [1.82, 2.24) is 9.78 Å². The Morgan fingerprint density at radius 1 is 1.03 bits per heavy atom. The van der Waals surface area contributed by atoms with E-state index in [0.717, 1.165) is 29.3 Å². The van der Waals surface area contributed by atoms with Crippen molar-refractivity contribution in [2.75, 3.05) is 5.32 Å². The molecule has 1 amide bonds. The Morgan fingerprint density at radius 2 is 1.75 bits per heavy atom. The first-order valence-electron chi connectivity index (χ1n) is 9.60. The van der Waals surface area contributed by atoms with Crippen LogP contribution in [-0.4, -0.2) is 25.7 Å². The van der Waals surface area contributed by atoms with Gasteiger partial charge >= 0.3 is 0 Å². The van der Waals surface area contributed by atoms with Gasteiger partial charge in [-0.05, 0) is 35.4 Å². The van der Waals surface area contributed by atoms with Crippen molar-refractivity contribution < 1.29 is 19.6 Å². The molecule has 2 N–H and O–H groups in total. The fraction of sp³-hybridized carbons (Fsp3) is 0.0435. The number of non-ortho nitro benzene ring substituents is 1. The number of hydrogen-bond donors (Lipinski definition) is 2. The number of aromatic nitrogens is 2. The van der Waals surface area contributed by atoms with E-state index in [2.05, 4.69) is 10.4 Å². The first-order chi connectivity index (χ1) is 15.5. The van der Waals surface area contributed by atoms with Crippen LogP contribution in [0.2, 0.25) is 0 Å². The Bertz CT molecular complexity index is 1250. The average Bonchev–Trinajstić information content (AvgIpc) is 3.29. The quantitative estimate of drug-likeness (QED) is 0.254. The second-order valence-corrected chi connectivity index (χ2v) is 6.82. The van der Waals surface area contributed by atoms with Gasteiger partial charge in [-0.25, -0.2) is 4.68 Å². The molecule has 0 bridgehead atoms. The van der Waals surface area contributed by atoms with Gasteiger partial charge in [-0.2, -0.15) is 5.10 Å². The molecule has 0 saturated heterocycles. The first kappa shape index (κ1) is 20.6. The van der Waals surface area contributed by atoms with Crippen LogP contribution in [0, 0.1) is 10.1 Å². The number of benzene rings is 3. The number of ether oxygens (including phenoxy) is 1. The van der Waals surface area contributed by atoms with Crippen LogP contribution in [-0.2, 0) is 6.73 Å². The van der Waals surface area contributed by atoms with Crippen molar-refractivity contribution >= 4 is 17.3 Å². The van der Waals surface area contributed by atoms with Gasteiger partial charge in [0.2, 0.25) is 0 Å². The number of nitro groups is 1. The van der Waals surface area contributed by atoms with E-state index in [1.165, 1.54) is 10.7 Å². The summed E-state index contributed by atoms with van der Waals surface area (Å²) in [5.74, 6) is -0.259. The third kappa shape index (κ3) is 4.73. The number of anilines is 1. The maximum absolute atomic E-state index is 12.4. The molecule has 32 heavy (non-hydrogen) atoms. The van der Waals surface area contributed by atoms with Crippen LogP contribution in [0.5, 0.6) is 11.5 Å². The molecule has 0 radical (unpaired) electrons. The fourth-order valence-electron chi connectivity index (χ4n) is 2.99. The van der Waals surface area contributed by atoms with Gasteiger partial charge in [0.15, 0.2) is 12.4 Å². The van der Waals surface area contributed by atoms with Crippen LogP contribution in [0.1, 0.15) is 10.5 Å². The van der Waals surface area contributed by atoms with Gasteiger partial charge in [-0.3, -0.25) is 14.9 Å². The number of carbonyl (C=O) groups excluding carboxylic acids is 1. The number of nitrogens with zero attached hydrogens (tertiary/aromatic N) is 3. The second kappa shape index (κ2) is 9.00. The molecule has 1 aromatic heterocycles. The molecule has 9 nitrogen and oxygen atoms in total. The zero-order chi connectivity index (χ0) is 22.5. The van der Waals surface area contributed by atoms with Gasteiger partial charge in [0, 0.05) is 18.3 Å². The van der Waals surface area contributed by atoms with E-state index in [1.54, 1.807) is 6.20 Å². The van der Waals surface area contributed by atoms with Gasteiger partial charge in [-0.15, -0.1) is 0 Å². The maximum atomic E-state index is 12.4. The SMILES string of the molecule is O=C(Nc1cc([N+](=O)[O-])ccc1O)c1ccn(COc2ccc(-c3ccccc3)cc2)n1. The van der Waals surface area contributed by atoms with E-state index in [0.29, 0.717) is 5.75 Å². The van der Waals surface area contributed by atoms with E-state index in [4.69, 9.17) is 4.74 Å². The molecule has 9 heteroatoms. The number of rotatable bonds is 7. The van der Waals surface area contributed by atoms with E-state index < -0.39 is 10.8 Å². The molecule has 0 unspecified atom stereocenters. The third-order valence-corrected chi connectivity index (χ3v) is 4.64. The summed E-state index contributed by atoms with van der Waals surface area (Å²) in [4.78, 5) is 22.7. The summed E-state index contributed by atoms with van der Waals surface area (Å²) in [6.07, 6.45) is 1.57. The van der Waals surface area contributed by atoms with Crippen molar-refractivity contribution in [3.8, 4) is 22.6 Å². The molecular weight excluding hydrogens is 412 g/mol. The van der Waals surface area contributed by atoms with Gasteiger partial charge in [-0.1, -0.05) is 42.5 Å². The van der Waals surface area contributed by atoms with Gasteiger partial charge in [0.05, 0.1) is 10.6 Å². The normalized spacial score (nSPS) is 10.5. The minimum Gasteiger partial charge on any atom is -0.506 e. The molecule has 0 aliphatic rings. The Balaban J connectivity index is 1.37. The highest BCUT2D eigenvalue weighted by Crippen LogP contribution is 2.28. The summed E-state index contributed by atoms with van der Waals surface area (Å²) in [7, 11) is 0. The highest BCUT2D eigenvalue weighted by atomic mass is 16.6. The molecule has 4 aromatic rings. The Kier molecular flexibility index (Phi) is 5.80. The van der Waals surface area contributed by atoms with Crippen molar-refractivity contribution in [3.63, 3.8) is 0 Å². The lowest BCUT2D eigenvalue weighted by Crippen LogP contribution is -2.14. The number of aromatic hydroxyl groups is 1. The largest absolute Gasteiger partial charge is 0.506 e. The van der Waals surface area contributed by atoms with Crippen LogP contribution in [0.4, 0.5) is 11.4 Å². The van der Waals surface area contributed by atoms with E-state index in [9.17, 15) is 20.0 Å². The van der Waals surface area contributed by atoms with Crippen molar-refractivity contribution in [3.05, 3.63) is 101 Å². The molecule has 0 fully saturated rings. The number of hydrogen-bond acceptors (Lipinski definition) is 6. The zero-order valence-corrected chi connectivity index (χ0v) is 16.7. The number of carbonyl (C=O) groups is 1. The number of amides is 1. The minimum atomic E-state index is -0.619. The molecule has 0 aliphatic heterocycles. The summed E-state index contributed by atoms with van der Waals surface area (Å²) in [6, 6.07) is 22.4. The average molecular weight is 430 g/mol. The van der Waals surface area contributed by atoms with Crippen LogP contribution < -0.4 is 10.1 Å². The molecular formula is C23H18N4O5. The third-order valence-electron chi connectivity index (χ3n) is 4.64. The van der Waals surface area contributed by atoms with Crippen LogP contribution in [0.25, 0.3) is 11.1 Å². The monoisotopic (exact) mass is 430 g/mol. The summed E-state index contributed by atoms with van der Waals surface area (Å²) < 4.78 is 7.15. The number of nitrogens with one attached hydrogen (secondary N) is 1. The first-order valence-corrected chi connectivity index (χ1v) is 9.60. The molecule has 160 valence electrons. The number of phenolic OH excluding ortho intramolecular Hbond substituents is 1. The summed E-state index contributed by atoms with van der Waals surface area (Å²) >= 11 is 0. The molecule has 0 atom stereocenters. The lowest BCUT2D eigenvalue weighted by Gasteiger charge is -2.08. The molecule has 0 saturated carbocycles. The number of nitro benzene ring substituents is 1. The molecule has 4 rings (SSSR count). The summed E-state index contributed by atoms with van der Waals surface area (Å²) in [6.45, 7) is 0.0834. The standard InChI is InChI=1S/C23H18N4O5/c28-22-11-8-18(27(30)31)14-21(22)24-23(29)20-12-13-26(25-20)15-32-19-9-6-17(7-10-19)16-4-2-1-3-5-16/h1-14,28H,15H2,(H,24,29). The molecule has 3 aromatic carbocycles. The zero-order valence-electron chi connectivity index (χ0n) is 16.7. The second-order valence-electron chi connectivity index (χ2n) is 6.82. The van der Waals surface area contributed by atoms with Gasteiger partial charge < -0.3 is 15.2 Å².